The molecule has 0 amide bonds. The molecule has 106 valence electrons. The second-order valence-electron chi connectivity index (χ2n) is 5.29. The third kappa shape index (κ3) is 2.83. The maximum Gasteiger partial charge on any atom is 0.161 e. The SMILES string of the molecule is CC(C)c1cccc(Nc2nnc(Cl)c3ccccc23)c1. The van der Waals surface area contributed by atoms with E-state index in [4.69, 9.17) is 11.6 Å². The van der Waals surface area contributed by atoms with Crippen molar-refractivity contribution in [3.05, 3.63) is 59.2 Å². The summed E-state index contributed by atoms with van der Waals surface area (Å²) in [4.78, 5) is 0. The van der Waals surface area contributed by atoms with E-state index in [2.05, 4.69) is 41.5 Å². The molecule has 1 aromatic heterocycles. The van der Waals surface area contributed by atoms with Gasteiger partial charge in [-0.25, -0.2) is 0 Å². The second kappa shape index (κ2) is 5.70. The Morgan fingerprint density at radius 2 is 1.71 bits per heavy atom. The van der Waals surface area contributed by atoms with Crippen LogP contribution in [-0.2, 0) is 0 Å². The van der Waals surface area contributed by atoms with Gasteiger partial charge >= 0.3 is 0 Å². The number of hydrogen-bond donors (Lipinski definition) is 1. The van der Waals surface area contributed by atoms with E-state index in [1.165, 1.54) is 5.56 Å². The lowest BCUT2D eigenvalue weighted by molar-refractivity contribution is 0.867. The van der Waals surface area contributed by atoms with Gasteiger partial charge in [-0.15, -0.1) is 10.2 Å². The van der Waals surface area contributed by atoms with Gasteiger partial charge < -0.3 is 5.32 Å². The highest BCUT2D eigenvalue weighted by Gasteiger charge is 2.08. The van der Waals surface area contributed by atoms with Gasteiger partial charge in [-0.05, 0) is 23.6 Å². The zero-order valence-corrected chi connectivity index (χ0v) is 12.7. The Balaban J connectivity index is 2.02. The number of nitrogens with zero attached hydrogens (tertiary/aromatic N) is 2. The lowest BCUT2D eigenvalue weighted by atomic mass is 10.0. The Labute approximate surface area is 129 Å². The third-order valence-electron chi connectivity index (χ3n) is 3.46. The summed E-state index contributed by atoms with van der Waals surface area (Å²) in [7, 11) is 0. The summed E-state index contributed by atoms with van der Waals surface area (Å²) < 4.78 is 0. The van der Waals surface area contributed by atoms with E-state index >= 15 is 0 Å². The van der Waals surface area contributed by atoms with Crippen LogP contribution in [0.4, 0.5) is 11.5 Å². The summed E-state index contributed by atoms with van der Waals surface area (Å²) in [6.45, 7) is 4.35. The van der Waals surface area contributed by atoms with E-state index in [1.54, 1.807) is 0 Å². The van der Waals surface area contributed by atoms with E-state index in [9.17, 15) is 0 Å². The van der Waals surface area contributed by atoms with Crippen molar-refractivity contribution in [2.75, 3.05) is 5.32 Å². The number of fused-ring (bicyclic) bond motifs is 1. The number of benzene rings is 2. The predicted octanol–water partition coefficient (Wildman–Crippen LogP) is 5.15. The number of nitrogens with one attached hydrogen (secondary N) is 1. The molecule has 0 aliphatic heterocycles. The fourth-order valence-electron chi connectivity index (χ4n) is 2.28. The number of rotatable bonds is 3. The zero-order valence-electron chi connectivity index (χ0n) is 12.0. The van der Waals surface area contributed by atoms with Crippen LogP contribution in [0.3, 0.4) is 0 Å². The molecular weight excluding hydrogens is 282 g/mol. The number of anilines is 2. The van der Waals surface area contributed by atoms with Crippen molar-refractivity contribution in [1.82, 2.24) is 10.2 Å². The first-order valence-corrected chi connectivity index (χ1v) is 7.31. The highest BCUT2D eigenvalue weighted by atomic mass is 35.5. The summed E-state index contributed by atoms with van der Waals surface area (Å²) in [5.74, 6) is 1.20. The van der Waals surface area contributed by atoms with Crippen LogP contribution in [0, 0.1) is 0 Å². The van der Waals surface area contributed by atoms with E-state index in [1.807, 2.05) is 36.4 Å². The Morgan fingerprint density at radius 3 is 2.48 bits per heavy atom. The van der Waals surface area contributed by atoms with Crippen molar-refractivity contribution in [2.24, 2.45) is 0 Å². The van der Waals surface area contributed by atoms with Gasteiger partial charge in [0.05, 0.1) is 0 Å². The van der Waals surface area contributed by atoms with Gasteiger partial charge in [-0.2, -0.15) is 0 Å². The molecule has 0 unspecified atom stereocenters. The molecule has 0 fully saturated rings. The molecule has 0 atom stereocenters. The van der Waals surface area contributed by atoms with E-state index in [0.717, 1.165) is 22.3 Å². The van der Waals surface area contributed by atoms with Crippen LogP contribution >= 0.6 is 11.6 Å². The molecule has 2 aromatic carbocycles. The standard InChI is InChI=1S/C17H16ClN3/c1-11(2)12-6-5-7-13(10-12)19-17-15-9-4-3-8-14(15)16(18)20-21-17/h3-11H,1-2H3,(H,19,21). The van der Waals surface area contributed by atoms with Crippen molar-refractivity contribution >= 4 is 33.9 Å². The van der Waals surface area contributed by atoms with Crippen LogP contribution < -0.4 is 5.32 Å². The highest BCUT2D eigenvalue weighted by Crippen LogP contribution is 2.28. The summed E-state index contributed by atoms with van der Waals surface area (Å²) >= 11 is 6.10. The summed E-state index contributed by atoms with van der Waals surface area (Å²) in [6, 6.07) is 16.2. The van der Waals surface area contributed by atoms with Crippen molar-refractivity contribution in [3.8, 4) is 0 Å². The van der Waals surface area contributed by atoms with E-state index < -0.39 is 0 Å². The molecule has 0 aliphatic carbocycles. The van der Waals surface area contributed by atoms with Crippen molar-refractivity contribution in [2.45, 2.75) is 19.8 Å². The van der Waals surface area contributed by atoms with Crippen molar-refractivity contribution in [1.29, 1.82) is 0 Å². The molecule has 0 spiro atoms. The average Bonchev–Trinajstić information content (AvgIpc) is 2.51. The lowest BCUT2D eigenvalue weighted by Gasteiger charge is -2.11. The van der Waals surface area contributed by atoms with E-state index in [0.29, 0.717) is 11.1 Å². The lowest BCUT2D eigenvalue weighted by Crippen LogP contribution is -1.98. The van der Waals surface area contributed by atoms with Gasteiger partial charge in [0.2, 0.25) is 0 Å². The highest BCUT2D eigenvalue weighted by molar-refractivity contribution is 6.34. The minimum atomic E-state index is 0.423. The van der Waals surface area contributed by atoms with Crippen LogP contribution in [-0.4, -0.2) is 10.2 Å². The zero-order chi connectivity index (χ0) is 14.8. The van der Waals surface area contributed by atoms with Gasteiger partial charge in [-0.1, -0.05) is 61.8 Å². The minimum absolute atomic E-state index is 0.423. The summed E-state index contributed by atoms with van der Waals surface area (Å²) in [6.07, 6.45) is 0. The quantitative estimate of drug-likeness (QED) is 0.726. The first-order chi connectivity index (χ1) is 10.1. The van der Waals surface area contributed by atoms with E-state index in [-0.39, 0.29) is 0 Å². The predicted molar refractivity (Wildman–Crippen MR) is 88.4 cm³/mol. The van der Waals surface area contributed by atoms with Gasteiger partial charge in [0.25, 0.3) is 0 Å². The Morgan fingerprint density at radius 1 is 0.952 bits per heavy atom. The molecule has 0 aliphatic rings. The van der Waals surface area contributed by atoms with Crippen LogP contribution in [0.5, 0.6) is 0 Å². The molecular formula is C17H16ClN3. The molecule has 0 saturated carbocycles. The fourth-order valence-corrected chi connectivity index (χ4v) is 2.48. The molecule has 3 aromatic rings. The van der Waals surface area contributed by atoms with Crippen LogP contribution in [0.2, 0.25) is 5.15 Å². The minimum Gasteiger partial charge on any atom is -0.338 e. The van der Waals surface area contributed by atoms with Gasteiger partial charge in [0, 0.05) is 16.5 Å². The molecule has 0 saturated heterocycles. The van der Waals surface area contributed by atoms with Crippen LogP contribution in [0.15, 0.2) is 48.5 Å². The normalized spacial score (nSPS) is 11.0. The Hall–Kier alpha value is -2.13. The molecule has 3 nitrogen and oxygen atoms in total. The van der Waals surface area contributed by atoms with Gasteiger partial charge in [0.15, 0.2) is 11.0 Å². The molecule has 21 heavy (non-hydrogen) atoms. The number of hydrogen-bond acceptors (Lipinski definition) is 3. The molecule has 1 heterocycles. The van der Waals surface area contributed by atoms with Crippen molar-refractivity contribution < 1.29 is 0 Å². The third-order valence-corrected chi connectivity index (χ3v) is 3.74. The second-order valence-corrected chi connectivity index (χ2v) is 5.65. The maximum atomic E-state index is 6.10. The Kier molecular flexibility index (Phi) is 3.76. The number of halogens is 1. The van der Waals surface area contributed by atoms with Gasteiger partial charge in [0.1, 0.15) is 0 Å². The largest absolute Gasteiger partial charge is 0.338 e. The molecule has 0 radical (unpaired) electrons. The first kappa shape index (κ1) is 13.8. The molecule has 0 bridgehead atoms. The van der Waals surface area contributed by atoms with Crippen LogP contribution in [0.25, 0.3) is 10.8 Å². The average molecular weight is 298 g/mol. The monoisotopic (exact) mass is 297 g/mol. The Bertz CT molecular complexity index is 784. The van der Waals surface area contributed by atoms with Crippen molar-refractivity contribution in [3.63, 3.8) is 0 Å². The molecule has 1 N–H and O–H groups in total. The van der Waals surface area contributed by atoms with Gasteiger partial charge in [-0.3, -0.25) is 0 Å². The molecule has 3 rings (SSSR count). The first-order valence-electron chi connectivity index (χ1n) is 6.93. The number of aromatic nitrogens is 2. The fraction of sp³-hybridized carbons (Fsp3) is 0.176. The smallest absolute Gasteiger partial charge is 0.161 e. The maximum absolute atomic E-state index is 6.10. The van der Waals surface area contributed by atoms with Crippen LogP contribution in [0.1, 0.15) is 25.3 Å². The molecule has 4 heteroatoms. The summed E-state index contributed by atoms with van der Waals surface area (Å²) in [5.41, 5.74) is 2.29. The summed E-state index contributed by atoms with van der Waals surface area (Å²) in [5, 5.41) is 13.8. The topological polar surface area (TPSA) is 37.8 Å².